The van der Waals surface area contributed by atoms with Crippen LogP contribution in [0.2, 0.25) is 0 Å². The van der Waals surface area contributed by atoms with E-state index in [-0.39, 0.29) is 0 Å². The predicted molar refractivity (Wildman–Crippen MR) is 78.4 cm³/mol. The third kappa shape index (κ3) is 3.56. The summed E-state index contributed by atoms with van der Waals surface area (Å²) in [7, 11) is 0. The molecule has 1 N–H and O–H groups in total. The number of hydrogen-bond donors (Lipinski definition) is 1. The van der Waals surface area contributed by atoms with Crippen molar-refractivity contribution in [3.63, 3.8) is 0 Å². The SMILES string of the molecule is CCNCC1(Cc2ccc(CC)s2)CCCOC1. The monoisotopic (exact) mass is 267 g/mol. The summed E-state index contributed by atoms with van der Waals surface area (Å²) < 4.78 is 5.75. The van der Waals surface area contributed by atoms with E-state index in [0.29, 0.717) is 5.41 Å². The van der Waals surface area contributed by atoms with Gasteiger partial charge in [-0.25, -0.2) is 0 Å². The summed E-state index contributed by atoms with van der Waals surface area (Å²) in [4.78, 5) is 3.02. The smallest absolute Gasteiger partial charge is 0.0538 e. The Bertz CT molecular complexity index is 355. The van der Waals surface area contributed by atoms with Crippen LogP contribution in [0.3, 0.4) is 0 Å². The molecule has 2 nitrogen and oxygen atoms in total. The van der Waals surface area contributed by atoms with Crippen LogP contribution in [0.1, 0.15) is 36.4 Å². The minimum absolute atomic E-state index is 0.324. The minimum Gasteiger partial charge on any atom is -0.381 e. The van der Waals surface area contributed by atoms with E-state index in [2.05, 4.69) is 31.3 Å². The molecule has 3 heteroatoms. The van der Waals surface area contributed by atoms with Gasteiger partial charge in [-0.1, -0.05) is 13.8 Å². The van der Waals surface area contributed by atoms with Crippen molar-refractivity contribution in [2.75, 3.05) is 26.3 Å². The molecular formula is C15H25NOS. The maximum absolute atomic E-state index is 5.75. The molecule has 18 heavy (non-hydrogen) atoms. The van der Waals surface area contributed by atoms with Crippen molar-refractivity contribution in [3.8, 4) is 0 Å². The molecule has 1 atom stereocenters. The van der Waals surface area contributed by atoms with E-state index in [4.69, 9.17) is 4.74 Å². The lowest BCUT2D eigenvalue weighted by molar-refractivity contribution is -0.00649. The van der Waals surface area contributed by atoms with Crippen LogP contribution in [-0.2, 0) is 17.6 Å². The van der Waals surface area contributed by atoms with Gasteiger partial charge in [-0.15, -0.1) is 11.3 Å². The Hall–Kier alpha value is -0.380. The number of thiophene rings is 1. The third-order valence-electron chi connectivity index (χ3n) is 3.77. The number of nitrogens with one attached hydrogen (secondary N) is 1. The maximum atomic E-state index is 5.75. The highest BCUT2D eigenvalue weighted by molar-refractivity contribution is 7.11. The molecule has 1 aliphatic rings. The van der Waals surface area contributed by atoms with E-state index in [1.807, 2.05) is 11.3 Å². The average Bonchev–Trinajstić information content (AvgIpc) is 2.85. The fourth-order valence-corrected chi connectivity index (χ4v) is 3.85. The first-order chi connectivity index (χ1) is 8.78. The second kappa shape index (κ2) is 6.69. The van der Waals surface area contributed by atoms with Crippen LogP contribution in [0.25, 0.3) is 0 Å². The van der Waals surface area contributed by atoms with Crippen LogP contribution >= 0.6 is 11.3 Å². The first kappa shape index (κ1) is 14.0. The third-order valence-corrected chi connectivity index (χ3v) is 5.00. The van der Waals surface area contributed by atoms with Crippen molar-refractivity contribution >= 4 is 11.3 Å². The number of rotatable bonds is 6. The summed E-state index contributed by atoms with van der Waals surface area (Å²) in [5.41, 5.74) is 0.324. The Kier molecular flexibility index (Phi) is 5.22. The molecule has 102 valence electrons. The number of ether oxygens (including phenoxy) is 1. The van der Waals surface area contributed by atoms with Gasteiger partial charge >= 0.3 is 0 Å². The summed E-state index contributed by atoms with van der Waals surface area (Å²) in [5.74, 6) is 0. The summed E-state index contributed by atoms with van der Waals surface area (Å²) in [6.07, 6.45) is 4.82. The molecule has 0 spiro atoms. The molecule has 0 bridgehead atoms. The standard InChI is InChI=1S/C15H25NOS/c1-3-13-6-7-14(18-13)10-15(11-16-4-2)8-5-9-17-12-15/h6-7,16H,3-5,8-12H2,1-2H3. The van der Waals surface area contributed by atoms with Crippen molar-refractivity contribution in [2.24, 2.45) is 5.41 Å². The molecule has 0 radical (unpaired) electrons. The molecule has 1 unspecified atom stereocenters. The van der Waals surface area contributed by atoms with E-state index in [1.54, 1.807) is 0 Å². The van der Waals surface area contributed by atoms with Crippen molar-refractivity contribution in [1.29, 1.82) is 0 Å². The molecule has 0 saturated carbocycles. The van der Waals surface area contributed by atoms with Crippen LogP contribution in [-0.4, -0.2) is 26.3 Å². The zero-order valence-electron chi connectivity index (χ0n) is 11.6. The molecule has 1 aliphatic heterocycles. The van der Waals surface area contributed by atoms with E-state index in [9.17, 15) is 0 Å². The molecule has 1 aromatic rings. The van der Waals surface area contributed by atoms with Gasteiger partial charge in [0.25, 0.3) is 0 Å². The normalized spacial score (nSPS) is 24.3. The lowest BCUT2D eigenvalue weighted by Gasteiger charge is -2.37. The van der Waals surface area contributed by atoms with Crippen LogP contribution in [0, 0.1) is 5.41 Å². The zero-order valence-corrected chi connectivity index (χ0v) is 12.4. The minimum atomic E-state index is 0.324. The van der Waals surface area contributed by atoms with Gasteiger partial charge in [0, 0.05) is 28.3 Å². The molecule has 1 saturated heterocycles. The molecule has 2 heterocycles. The second-order valence-electron chi connectivity index (χ2n) is 5.33. The van der Waals surface area contributed by atoms with Gasteiger partial charge in [-0.05, 0) is 44.4 Å². The largest absolute Gasteiger partial charge is 0.381 e. The molecule has 0 aliphatic carbocycles. The summed E-state index contributed by atoms with van der Waals surface area (Å²) >= 11 is 1.98. The van der Waals surface area contributed by atoms with Crippen molar-refractivity contribution in [3.05, 3.63) is 21.9 Å². The van der Waals surface area contributed by atoms with Crippen LogP contribution in [0.15, 0.2) is 12.1 Å². The van der Waals surface area contributed by atoms with E-state index in [0.717, 1.165) is 32.7 Å². The van der Waals surface area contributed by atoms with Gasteiger partial charge in [0.15, 0.2) is 0 Å². The zero-order chi connectivity index (χ0) is 12.8. The van der Waals surface area contributed by atoms with Crippen molar-refractivity contribution in [1.82, 2.24) is 5.32 Å². The number of aryl methyl sites for hydroxylation is 1. The Labute approximate surface area is 115 Å². The van der Waals surface area contributed by atoms with Crippen molar-refractivity contribution < 1.29 is 4.74 Å². The summed E-state index contributed by atoms with van der Waals surface area (Å²) in [6.45, 7) is 8.40. The van der Waals surface area contributed by atoms with Crippen LogP contribution in [0.4, 0.5) is 0 Å². The average molecular weight is 267 g/mol. The lowest BCUT2D eigenvalue weighted by atomic mass is 9.79. The second-order valence-corrected chi connectivity index (χ2v) is 6.59. The fraction of sp³-hybridized carbons (Fsp3) is 0.733. The van der Waals surface area contributed by atoms with Crippen LogP contribution < -0.4 is 5.32 Å². The van der Waals surface area contributed by atoms with Crippen molar-refractivity contribution in [2.45, 2.75) is 39.5 Å². The molecular weight excluding hydrogens is 242 g/mol. The Morgan fingerprint density at radius 2 is 2.17 bits per heavy atom. The first-order valence-corrected chi connectivity index (χ1v) is 7.96. The van der Waals surface area contributed by atoms with Gasteiger partial charge in [-0.2, -0.15) is 0 Å². The molecule has 1 fully saturated rings. The van der Waals surface area contributed by atoms with Gasteiger partial charge in [-0.3, -0.25) is 0 Å². The van der Waals surface area contributed by atoms with Gasteiger partial charge in [0.05, 0.1) is 6.61 Å². The van der Waals surface area contributed by atoms with Gasteiger partial charge < -0.3 is 10.1 Å². The predicted octanol–water partition coefficient (Wildman–Crippen LogP) is 3.26. The first-order valence-electron chi connectivity index (χ1n) is 7.14. The Morgan fingerprint density at radius 1 is 1.33 bits per heavy atom. The molecule has 0 amide bonds. The van der Waals surface area contributed by atoms with E-state index in [1.165, 1.54) is 29.0 Å². The van der Waals surface area contributed by atoms with E-state index >= 15 is 0 Å². The maximum Gasteiger partial charge on any atom is 0.0538 e. The summed E-state index contributed by atoms with van der Waals surface area (Å²) in [5, 5.41) is 3.52. The quantitative estimate of drug-likeness (QED) is 0.854. The van der Waals surface area contributed by atoms with E-state index < -0.39 is 0 Å². The lowest BCUT2D eigenvalue weighted by Crippen LogP contribution is -2.42. The Balaban J connectivity index is 2.03. The van der Waals surface area contributed by atoms with Crippen LogP contribution in [0.5, 0.6) is 0 Å². The summed E-state index contributed by atoms with van der Waals surface area (Å²) in [6, 6.07) is 4.59. The van der Waals surface area contributed by atoms with Gasteiger partial charge in [0.1, 0.15) is 0 Å². The molecule has 1 aromatic heterocycles. The highest BCUT2D eigenvalue weighted by Crippen LogP contribution is 2.34. The molecule has 2 rings (SSSR count). The Morgan fingerprint density at radius 3 is 2.78 bits per heavy atom. The highest BCUT2D eigenvalue weighted by Gasteiger charge is 2.33. The topological polar surface area (TPSA) is 21.3 Å². The highest BCUT2D eigenvalue weighted by atomic mass is 32.1. The van der Waals surface area contributed by atoms with Gasteiger partial charge in [0.2, 0.25) is 0 Å². The molecule has 0 aromatic carbocycles. The fourth-order valence-electron chi connectivity index (χ4n) is 2.72. The number of hydrogen-bond acceptors (Lipinski definition) is 3.